The Labute approximate surface area is 116 Å². The minimum absolute atomic E-state index is 0.193. The lowest BCUT2D eigenvalue weighted by Gasteiger charge is -2.09. The molecule has 0 aliphatic rings. The Bertz CT molecular complexity index is 746. The van der Waals surface area contributed by atoms with Gasteiger partial charge in [-0.05, 0) is 53.8 Å². The molecule has 1 heterocycles. The van der Waals surface area contributed by atoms with Crippen LogP contribution in [0, 0.1) is 12.7 Å². The van der Waals surface area contributed by atoms with Crippen molar-refractivity contribution in [3.63, 3.8) is 0 Å². The average molecular weight is 274 g/mol. The summed E-state index contributed by atoms with van der Waals surface area (Å²) in [6, 6.07) is 12.8. The van der Waals surface area contributed by atoms with E-state index in [0.29, 0.717) is 0 Å². The SMILES string of the molecule is Cc1cc(F)ccc1Cn1ccc2ccc(Cl)cc21. The summed E-state index contributed by atoms with van der Waals surface area (Å²) in [5.74, 6) is -0.193. The molecule has 0 spiro atoms. The number of benzene rings is 2. The lowest BCUT2D eigenvalue weighted by atomic mass is 10.1. The number of aryl methyl sites for hydroxylation is 1. The van der Waals surface area contributed by atoms with Gasteiger partial charge in [0.05, 0.1) is 0 Å². The van der Waals surface area contributed by atoms with Gasteiger partial charge in [-0.1, -0.05) is 23.7 Å². The molecule has 2 aromatic carbocycles. The van der Waals surface area contributed by atoms with Crippen molar-refractivity contribution in [2.45, 2.75) is 13.5 Å². The smallest absolute Gasteiger partial charge is 0.123 e. The van der Waals surface area contributed by atoms with Crippen molar-refractivity contribution in [2.24, 2.45) is 0 Å². The summed E-state index contributed by atoms with van der Waals surface area (Å²) >= 11 is 6.04. The van der Waals surface area contributed by atoms with E-state index in [4.69, 9.17) is 11.6 Å². The number of hydrogen-bond acceptors (Lipinski definition) is 0. The Morgan fingerprint density at radius 2 is 1.95 bits per heavy atom. The van der Waals surface area contributed by atoms with Crippen molar-refractivity contribution in [1.29, 1.82) is 0 Å². The fourth-order valence-electron chi connectivity index (χ4n) is 2.32. The lowest BCUT2D eigenvalue weighted by molar-refractivity contribution is 0.625. The van der Waals surface area contributed by atoms with Crippen molar-refractivity contribution >= 4 is 22.5 Å². The Morgan fingerprint density at radius 1 is 1.11 bits per heavy atom. The number of rotatable bonds is 2. The molecule has 19 heavy (non-hydrogen) atoms. The standard InChI is InChI=1S/C16H13ClFN/c1-11-8-15(18)5-3-13(11)10-19-7-6-12-2-4-14(17)9-16(12)19/h2-9H,10H2,1H3. The van der Waals surface area contributed by atoms with E-state index in [1.54, 1.807) is 6.07 Å². The van der Waals surface area contributed by atoms with Crippen molar-refractivity contribution in [3.8, 4) is 0 Å². The number of aromatic nitrogens is 1. The Hall–Kier alpha value is -1.80. The molecule has 96 valence electrons. The average Bonchev–Trinajstić information content (AvgIpc) is 2.75. The van der Waals surface area contributed by atoms with E-state index in [9.17, 15) is 4.39 Å². The maximum absolute atomic E-state index is 13.1. The van der Waals surface area contributed by atoms with Crippen LogP contribution in [0.3, 0.4) is 0 Å². The van der Waals surface area contributed by atoms with Gasteiger partial charge in [-0.3, -0.25) is 0 Å². The van der Waals surface area contributed by atoms with E-state index in [-0.39, 0.29) is 5.82 Å². The molecule has 1 aromatic heterocycles. The van der Waals surface area contributed by atoms with E-state index >= 15 is 0 Å². The van der Waals surface area contributed by atoms with Crippen molar-refractivity contribution in [3.05, 3.63) is 70.6 Å². The first kappa shape index (κ1) is 12.2. The van der Waals surface area contributed by atoms with E-state index < -0.39 is 0 Å². The molecule has 0 amide bonds. The zero-order valence-corrected chi connectivity index (χ0v) is 11.3. The third-order valence-electron chi connectivity index (χ3n) is 3.38. The van der Waals surface area contributed by atoms with Crippen LogP contribution in [-0.2, 0) is 6.54 Å². The third-order valence-corrected chi connectivity index (χ3v) is 3.62. The summed E-state index contributed by atoms with van der Waals surface area (Å²) in [5.41, 5.74) is 3.17. The highest BCUT2D eigenvalue weighted by atomic mass is 35.5. The van der Waals surface area contributed by atoms with Crippen molar-refractivity contribution < 1.29 is 4.39 Å². The van der Waals surface area contributed by atoms with Crippen LogP contribution in [0.25, 0.3) is 10.9 Å². The second kappa shape index (κ2) is 4.71. The maximum atomic E-state index is 13.1. The fraction of sp³-hybridized carbons (Fsp3) is 0.125. The van der Waals surface area contributed by atoms with Crippen molar-refractivity contribution in [2.75, 3.05) is 0 Å². The quantitative estimate of drug-likeness (QED) is 0.633. The van der Waals surface area contributed by atoms with Gasteiger partial charge in [-0.2, -0.15) is 0 Å². The molecule has 0 bridgehead atoms. The van der Waals surface area contributed by atoms with Crippen LogP contribution in [0.4, 0.5) is 4.39 Å². The Morgan fingerprint density at radius 3 is 2.74 bits per heavy atom. The summed E-state index contributed by atoms with van der Waals surface area (Å²) < 4.78 is 15.2. The monoisotopic (exact) mass is 273 g/mol. The van der Waals surface area contributed by atoms with Crippen LogP contribution in [0.15, 0.2) is 48.7 Å². The van der Waals surface area contributed by atoms with Crippen LogP contribution < -0.4 is 0 Å². The molecule has 0 aliphatic carbocycles. The first-order valence-corrected chi connectivity index (χ1v) is 6.51. The van der Waals surface area contributed by atoms with Gasteiger partial charge in [-0.25, -0.2) is 4.39 Å². The third kappa shape index (κ3) is 2.36. The highest BCUT2D eigenvalue weighted by Gasteiger charge is 2.05. The van der Waals surface area contributed by atoms with Gasteiger partial charge in [0.15, 0.2) is 0 Å². The van der Waals surface area contributed by atoms with Gasteiger partial charge >= 0.3 is 0 Å². The normalized spacial score (nSPS) is 11.1. The topological polar surface area (TPSA) is 4.93 Å². The molecule has 3 heteroatoms. The Balaban J connectivity index is 2.03. The molecule has 0 aliphatic heterocycles. The van der Waals surface area contributed by atoms with Gasteiger partial charge in [0.1, 0.15) is 5.82 Å². The summed E-state index contributed by atoms with van der Waals surface area (Å²) in [5, 5.41) is 1.88. The van der Waals surface area contributed by atoms with E-state index in [0.717, 1.165) is 33.6 Å². The number of halogens is 2. The first-order valence-electron chi connectivity index (χ1n) is 6.13. The molecular weight excluding hydrogens is 261 g/mol. The molecule has 0 fully saturated rings. The Kier molecular flexibility index (Phi) is 3.03. The number of nitrogens with zero attached hydrogens (tertiary/aromatic N) is 1. The van der Waals surface area contributed by atoms with Crippen LogP contribution in [-0.4, -0.2) is 4.57 Å². The molecule has 0 saturated heterocycles. The molecule has 0 radical (unpaired) electrons. The zero-order chi connectivity index (χ0) is 13.4. The van der Waals surface area contributed by atoms with Gasteiger partial charge in [0.2, 0.25) is 0 Å². The second-order valence-corrected chi connectivity index (χ2v) is 5.15. The van der Waals surface area contributed by atoms with Crippen LogP contribution >= 0.6 is 11.6 Å². The van der Waals surface area contributed by atoms with Crippen LogP contribution in [0.1, 0.15) is 11.1 Å². The fourth-order valence-corrected chi connectivity index (χ4v) is 2.48. The highest BCUT2D eigenvalue weighted by Crippen LogP contribution is 2.22. The molecule has 0 N–H and O–H groups in total. The summed E-state index contributed by atoms with van der Waals surface area (Å²) in [7, 11) is 0. The maximum Gasteiger partial charge on any atom is 0.123 e. The number of hydrogen-bond donors (Lipinski definition) is 0. The first-order chi connectivity index (χ1) is 9.13. The minimum atomic E-state index is -0.193. The predicted molar refractivity (Wildman–Crippen MR) is 77.2 cm³/mol. The van der Waals surface area contributed by atoms with Crippen molar-refractivity contribution in [1.82, 2.24) is 4.57 Å². The van der Waals surface area contributed by atoms with Gasteiger partial charge < -0.3 is 4.57 Å². The number of fused-ring (bicyclic) bond motifs is 1. The lowest BCUT2D eigenvalue weighted by Crippen LogP contribution is -2.00. The molecule has 0 saturated carbocycles. The predicted octanol–water partition coefficient (Wildman–Crippen LogP) is 4.79. The molecule has 3 aromatic rings. The zero-order valence-electron chi connectivity index (χ0n) is 10.5. The van der Waals surface area contributed by atoms with Gasteiger partial charge in [0, 0.05) is 23.3 Å². The van der Waals surface area contributed by atoms with E-state index in [1.165, 1.54) is 6.07 Å². The van der Waals surface area contributed by atoms with E-state index in [1.807, 2.05) is 37.4 Å². The van der Waals surface area contributed by atoms with E-state index in [2.05, 4.69) is 10.6 Å². The second-order valence-electron chi connectivity index (χ2n) is 4.72. The van der Waals surface area contributed by atoms with Gasteiger partial charge in [0.25, 0.3) is 0 Å². The largest absolute Gasteiger partial charge is 0.343 e. The molecule has 1 nitrogen and oxygen atoms in total. The summed E-state index contributed by atoms with van der Waals surface area (Å²) in [6.45, 7) is 2.65. The minimum Gasteiger partial charge on any atom is -0.343 e. The highest BCUT2D eigenvalue weighted by molar-refractivity contribution is 6.31. The van der Waals surface area contributed by atoms with Crippen LogP contribution in [0.2, 0.25) is 5.02 Å². The van der Waals surface area contributed by atoms with Gasteiger partial charge in [-0.15, -0.1) is 0 Å². The molecular formula is C16H13ClFN. The molecule has 0 unspecified atom stereocenters. The summed E-state index contributed by atoms with van der Waals surface area (Å²) in [4.78, 5) is 0. The molecule has 3 rings (SSSR count). The summed E-state index contributed by atoms with van der Waals surface area (Å²) in [6.07, 6.45) is 2.03. The van der Waals surface area contributed by atoms with Crippen LogP contribution in [0.5, 0.6) is 0 Å². The molecule has 0 atom stereocenters.